The van der Waals surface area contributed by atoms with Gasteiger partial charge < -0.3 is 15.1 Å². The minimum Gasteiger partial charge on any atom is -0.370 e. The maximum absolute atomic E-state index is 3.56. The predicted molar refractivity (Wildman–Crippen MR) is 81.2 cm³/mol. The van der Waals surface area contributed by atoms with Gasteiger partial charge in [0.1, 0.15) is 0 Å². The fourth-order valence-electron chi connectivity index (χ4n) is 2.48. The molecule has 0 radical (unpaired) electrons. The van der Waals surface area contributed by atoms with Gasteiger partial charge in [0.2, 0.25) is 0 Å². The van der Waals surface area contributed by atoms with Crippen LogP contribution in [0, 0.1) is 0 Å². The second kappa shape index (κ2) is 6.55. The van der Waals surface area contributed by atoms with E-state index in [4.69, 9.17) is 0 Å². The van der Waals surface area contributed by atoms with Crippen LogP contribution in [0.2, 0.25) is 0 Å². The van der Waals surface area contributed by atoms with E-state index in [0.29, 0.717) is 0 Å². The third-order valence-electron chi connectivity index (χ3n) is 3.47. The van der Waals surface area contributed by atoms with Crippen LogP contribution in [0.1, 0.15) is 12.0 Å². The lowest BCUT2D eigenvalue weighted by atomic mass is 10.1. The second-order valence-corrected chi connectivity index (χ2v) is 5.86. The van der Waals surface area contributed by atoms with Crippen molar-refractivity contribution < 1.29 is 0 Å². The van der Waals surface area contributed by atoms with Gasteiger partial charge in [-0.15, -0.1) is 0 Å². The lowest BCUT2D eigenvalue weighted by Crippen LogP contribution is -2.29. The number of hydrogen-bond acceptors (Lipinski definition) is 3. The Morgan fingerprint density at radius 1 is 1.22 bits per heavy atom. The molecule has 0 amide bonds. The Morgan fingerprint density at radius 3 is 2.83 bits per heavy atom. The van der Waals surface area contributed by atoms with Crippen molar-refractivity contribution in [2.45, 2.75) is 13.0 Å². The fourth-order valence-corrected chi connectivity index (χ4v) is 2.89. The van der Waals surface area contributed by atoms with E-state index in [1.165, 1.54) is 24.2 Å². The average molecular weight is 312 g/mol. The van der Waals surface area contributed by atoms with Gasteiger partial charge >= 0.3 is 0 Å². The molecule has 1 aliphatic rings. The van der Waals surface area contributed by atoms with Crippen LogP contribution < -0.4 is 10.2 Å². The highest BCUT2D eigenvalue weighted by atomic mass is 79.9. The van der Waals surface area contributed by atoms with Gasteiger partial charge in [0.15, 0.2) is 0 Å². The smallest absolute Gasteiger partial charge is 0.0413 e. The number of benzene rings is 1. The molecule has 1 aliphatic heterocycles. The van der Waals surface area contributed by atoms with E-state index in [0.717, 1.165) is 30.7 Å². The van der Waals surface area contributed by atoms with Crippen molar-refractivity contribution in [3.63, 3.8) is 0 Å². The summed E-state index contributed by atoms with van der Waals surface area (Å²) in [6, 6.07) is 6.60. The van der Waals surface area contributed by atoms with Gasteiger partial charge in [-0.1, -0.05) is 15.9 Å². The van der Waals surface area contributed by atoms with Gasteiger partial charge in [0.25, 0.3) is 0 Å². The molecule has 2 rings (SSSR count). The largest absolute Gasteiger partial charge is 0.370 e. The molecular formula is C14H22BrN3. The molecule has 1 aromatic rings. The quantitative estimate of drug-likeness (QED) is 0.924. The van der Waals surface area contributed by atoms with Gasteiger partial charge in [0.05, 0.1) is 0 Å². The molecule has 18 heavy (non-hydrogen) atoms. The van der Waals surface area contributed by atoms with Crippen LogP contribution in [0.25, 0.3) is 0 Å². The summed E-state index contributed by atoms with van der Waals surface area (Å²) in [7, 11) is 4.21. The summed E-state index contributed by atoms with van der Waals surface area (Å²) >= 11 is 3.56. The zero-order valence-corrected chi connectivity index (χ0v) is 12.8. The monoisotopic (exact) mass is 311 g/mol. The third-order valence-corrected chi connectivity index (χ3v) is 3.96. The Morgan fingerprint density at radius 2 is 2.06 bits per heavy atom. The van der Waals surface area contributed by atoms with Crippen LogP contribution in [0.3, 0.4) is 0 Å². The maximum Gasteiger partial charge on any atom is 0.0413 e. The SMILES string of the molecule is CNCc1cc(Br)ccc1N1CCCN(C)CC1. The normalized spacial score (nSPS) is 17.8. The molecule has 0 aliphatic carbocycles. The number of likely N-dealkylation sites (N-methyl/N-ethyl adjacent to an activating group) is 1. The van der Waals surface area contributed by atoms with E-state index in [-0.39, 0.29) is 0 Å². The van der Waals surface area contributed by atoms with E-state index in [9.17, 15) is 0 Å². The van der Waals surface area contributed by atoms with Gasteiger partial charge in [-0.05, 0) is 50.8 Å². The number of nitrogens with zero attached hydrogens (tertiary/aromatic N) is 2. The summed E-state index contributed by atoms with van der Waals surface area (Å²) in [4.78, 5) is 4.93. The van der Waals surface area contributed by atoms with Gasteiger partial charge in [-0.25, -0.2) is 0 Å². The minimum absolute atomic E-state index is 0.918. The van der Waals surface area contributed by atoms with Crippen LogP contribution in [0.15, 0.2) is 22.7 Å². The van der Waals surface area contributed by atoms with E-state index >= 15 is 0 Å². The summed E-state index contributed by atoms with van der Waals surface area (Å²) < 4.78 is 1.16. The fraction of sp³-hybridized carbons (Fsp3) is 0.571. The number of hydrogen-bond donors (Lipinski definition) is 1. The van der Waals surface area contributed by atoms with Crippen molar-refractivity contribution >= 4 is 21.6 Å². The number of halogens is 1. The minimum atomic E-state index is 0.918. The second-order valence-electron chi connectivity index (χ2n) is 4.95. The highest BCUT2D eigenvalue weighted by Gasteiger charge is 2.15. The Kier molecular flexibility index (Phi) is 5.03. The summed E-state index contributed by atoms with van der Waals surface area (Å²) in [6.45, 7) is 5.54. The lowest BCUT2D eigenvalue weighted by molar-refractivity contribution is 0.360. The molecule has 1 heterocycles. The van der Waals surface area contributed by atoms with Crippen molar-refractivity contribution in [1.29, 1.82) is 0 Å². The molecule has 1 saturated heterocycles. The molecule has 0 unspecified atom stereocenters. The topological polar surface area (TPSA) is 18.5 Å². The molecule has 0 atom stereocenters. The zero-order chi connectivity index (χ0) is 13.0. The molecule has 1 N–H and O–H groups in total. The molecule has 0 saturated carbocycles. The number of nitrogens with one attached hydrogen (secondary N) is 1. The summed E-state index contributed by atoms with van der Waals surface area (Å²) in [5, 5.41) is 3.26. The first-order valence-electron chi connectivity index (χ1n) is 6.57. The molecule has 1 fully saturated rings. The van der Waals surface area contributed by atoms with Gasteiger partial charge in [-0.3, -0.25) is 0 Å². The summed E-state index contributed by atoms with van der Waals surface area (Å²) in [5.41, 5.74) is 2.75. The van der Waals surface area contributed by atoms with Crippen molar-refractivity contribution in [2.75, 3.05) is 45.2 Å². The standard InChI is InChI=1S/C14H22BrN3/c1-16-11-12-10-13(15)4-5-14(12)18-7-3-6-17(2)8-9-18/h4-5,10,16H,3,6-9,11H2,1-2H3. The average Bonchev–Trinajstić information content (AvgIpc) is 2.55. The maximum atomic E-state index is 3.56. The predicted octanol–water partition coefficient (Wildman–Crippen LogP) is 2.31. The Balaban J connectivity index is 2.20. The van der Waals surface area contributed by atoms with E-state index in [1.807, 2.05) is 7.05 Å². The molecule has 4 heteroatoms. The van der Waals surface area contributed by atoms with Crippen molar-refractivity contribution in [1.82, 2.24) is 10.2 Å². The third kappa shape index (κ3) is 3.46. The molecule has 1 aromatic carbocycles. The number of anilines is 1. The molecular weight excluding hydrogens is 290 g/mol. The first-order chi connectivity index (χ1) is 8.70. The summed E-state index contributed by atoms with van der Waals surface area (Å²) in [5.74, 6) is 0. The van der Waals surface area contributed by atoms with Crippen LogP contribution >= 0.6 is 15.9 Å². The summed E-state index contributed by atoms with van der Waals surface area (Å²) in [6.07, 6.45) is 1.24. The Labute approximate surface area is 118 Å². The molecule has 100 valence electrons. The van der Waals surface area contributed by atoms with Crippen LogP contribution in [-0.2, 0) is 6.54 Å². The Hall–Kier alpha value is -0.580. The zero-order valence-electron chi connectivity index (χ0n) is 11.2. The first-order valence-corrected chi connectivity index (χ1v) is 7.36. The molecule has 0 aromatic heterocycles. The lowest BCUT2D eigenvalue weighted by Gasteiger charge is -2.25. The highest BCUT2D eigenvalue weighted by molar-refractivity contribution is 9.10. The number of rotatable bonds is 3. The molecule has 0 bridgehead atoms. The van der Waals surface area contributed by atoms with Crippen LogP contribution in [-0.4, -0.2) is 45.2 Å². The van der Waals surface area contributed by atoms with E-state index < -0.39 is 0 Å². The van der Waals surface area contributed by atoms with Gasteiger partial charge in [0, 0.05) is 36.3 Å². The van der Waals surface area contributed by atoms with Crippen LogP contribution in [0.4, 0.5) is 5.69 Å². The van der Waals surface area contributed by atoms with Gasteiger partial charge in [-0.2, -0.15) is 0 Å². The van der Waals surface area contributed by atoms with Crippen molar-refractivity contribution in [2.24, 2.45) is 0 Å². The van der Waals surface area contributed by atoms with Crippen LogP contribution in [0.5, 0.6) is 0 Å². The highest BCUT2D eigenvalue weighted by Crippen LogP contribution is 2.25. The van der Waals surface area contributed by atoms with Crippen molar-refractivity contribution in [3.8, 4) is 0 Å². The van der Waals surface area contributed by atoms with Crippen molar-refractivity contribution in [3.05, 3.63) is 28.2 Å². The molecule has 3 nitrogen and oxygen atoms in total. The first kappa shape index (κ1) is 13.8. The molecule has 0 spiro atoms. The van der Waals surface area contributed by atoms with E-state index in [1.54, 1.807) is 0 Å². The van der Waals surface area contributed by atoms with E-state index in [2.05, 4.69) is 56.3 Å². The Bertz CT molecular complexity index is 395.